The SMILES string of the molecule is CC(C)CC1CNC(C)C(c2ccc(F)cc2)O1. The van der Waals surface area contributed by atoms with Crippen molar-refractivity contribution in [1.82, 2.24) is 5.32 Å². The molecule has 100 valence electrons. The topological polar surface area (TPSA) is 21.3 Å². The predicted molar refractivity (Wildman–Crippen MR) is 70.9 cm³/mol. The van der Waals surface area contributed by atoms with E-state index >= 15 is 0 Å². The van der Waals surface area contributed by atoms with Gasteiger partial charge in [0.2, 0.25) is 0 Å². The van der Waals surface area contributed by atoms with Gasteiger partial charge in [-0.2, -0.15) is 0 Å². The smallest absolute Gasteiger partial charge is 0.123 e. The lowest BCUT2D eigenvalue weighted by atomic mass is 9.98. The molecule has 0 spiro atoms. The van der Waals surface area contributed by atoms with Gasteiger partial charge in [0.25, 0.3) is 0 Å². The van der Waals surface area contributed by atoms with Crippen molar-refractivity contribution in [2.45, 2.75) is 45.4 Å². The van der Waals surface area contributed by atoms with E-state index in [1.54, 1.807) is 0 Å². The van der Waals surface area contributed by atoms with E-state index in [4.69, 9.17) is 4.74 Å². The van der Waals surface area contributed by atoms with E-state index in [2.05, 4.69) is 26.1 Å². The van der Waals surface area contributed by atoms with Crippen molar-refractivity contribution in [2.24, 2.45) is 5.92 Å². The van der Waals surface area contributed by atoms with Crippen LogP contribution < -0.4 is 5.32 Å². The molecule has 2 nitrogen and oxygen atoms in total. The molecule has 18 heavy (non-hydrogen) atoms. The molecule has 3 unspecified atom stereocenters. The lowest BCUT2D eigenvalue weighted by molar-refractivity contribution is -0.0687. The maximum Gasteiger partial charge on any atom is 0.123 e. The molecule has 1 aliphatic rings. The van der Waals surface area contributed by atoms with E-state index in [9.17, 15) is 4.39 Å². The number of halogens is 1. The first-order valence-corrected chi connectivity index (χ1v) is 6.70. The number of nitrogens with one attached hydrogen (secondary N) is 1. The highest BCUT2D eigenvalue weighted by atomic mass is 19.1. The van der Waals surface area contributed by atoms with E-state index in [0.29, 0.717) is 5.92 Å². The number of hydrogen-bond acceptors (Lipinski definition) is 2. The summed E-state index contributed by atoms with van der Waals surface area (Å²) in [4.78, 5) is 0. The van der Waals surface area contributed by atoms with Gasteiger partial charge in [-0.1, -0.05) is 26.0 Å². The molecule has 1 aliphatic heterocycles. The third-order valence-corrected chi connectivity index (χ3v) is 3.39. The van der Waals surface area contributed by atoms with Gasteiger partial charge in [0.05, 0.1) is 12.2 Å². The summed E-state index contributed by atoms with van der Waals surface area (Å²) in [6, 6.07) is 6.89. The zero-order valence-corrected chi connectivity index (χ0v) is 11.3. The highest BCUT2D eigenvalue weighted by Crippen LogP contribution is 2.28. The standard InChI is InChI=1S/C15H22FNO/c1-10(2)8-14-9-17-11(3)15(18-14)12-4-6-13(16)7-5-12/h4-7,10-11,14-15,17H,8-9H2,1-3H3. The molecule has 3 heteroatoms. The molecule has 1 heterocycles. The summed E-state index contributed by atoms with van der Waals surface area (Å²) >= 11 is 0. The number of ether oxygens (including phenoxy) is 1. The fourth-order valence-corrected chi connectivity index (χ4v) is 2.48. The Morgan fingerprint density at radius 1 is 1.33 bits per heavy atom. The Balaban J connectivity index is 2.07. The zero-order valence-electron chi connectivity index (χ0n) is 11.3. The highest BCUT2D eigenvalue weighted by Gasteiger charge is 2.29. The second-order valence-electron chi connectivity index (χ2n) is 5.56. The van der Waals surface area contributed by atoms with Gasteiger partial charge in [0.1, 0.15) is 5.82 Å². The van der Waals surface area contributed by atoms with Crippen molar-refractivity contribution < 1.29 is 9.13 Å². The van der Waals surface area contributed by atoms with Gasteiger partial charge in [0.15, 0.2) is 0 Å². The lowest BCUT2D eigenvalue weighted by Gasteiger charge is -2.37. The molecule has 3 atom stereocenters. The fourth-order valence-electron chi connectivity index (χ4n) is 2.48. The molecular weight excluding hydrogens is 229 g/mol. The molecule has 1 fully saturated rings. The van der Waals surface area contributed by atoms with Crippen molar-refractivity contribution in [3.8, 4) is 0 Å². The lowest BCUT2D eigenvalue weighted by Crippen LogP contribution is -2.47. The molecule has 0 aliphatic carbocycles. The Hall–Kier alpha value is -0.930. The molecule has 1 N–H and O–H groups in total. The minimum absolute atomic E-state index is 0.0168. The molecule has 0 aromatic heterocycles. The largest absolute Gasteiger partial charge is 0.367 e. The Kier molecular flexibility index (Phi) is 4.36. The van der Waals surface area contributed by atoms with E-state index in [-0.39, 0.29) is 24.1 Å². The van der Waals surface area contributed by atoms with Gasteiger partial charge in [-0.05, 0) is 37.0 Å². The van der Waals surface area contributed by atoms with Gasteiger partial charge in [-0.25, -0.2) is 4.39 Å². The quantitative estimate of drug-likeness (QED) is 0.890. The van der Waals surface area contributed by atoms with Crippen molar-refractivity contribution >= 4 is 0 Å². The van der Waals surface area contributed by atoms with Crippen LogP contribution in [0.5, 0.6) is 0 Å². The van der Waals surface area contributed by atoms with Gasteiger partial charge in [-0.3, -0.25) is 0 Å². The fraction of sp³-hybridized carbons (Fsp3) is 0.600. The summed E-state index contributed by atoms with van der Waals surface area (Å²) in [5.74, 6) is 0.424. The van der Waals surface area contributed by atoms with Crippen LogP contribution in [-0.2, 0) is 4.74 Å². The molecule has 0 saturated carbocycles. The van der Waals surface area contributed by atoms with Crippen LogP contribution in [0.2, 0.25) is 0 Å². The van der Waals surface area contributed by atoms with Gasteiger partial charge in [-0.15, -0.1) is 0 Å². The third kappa shape index (κ3) is 3.30. The molecule has 1 aromatic rings. The molecule has 0 radical (unpaired) electrons. The Bertz CT molecular complexity index is 377. The summed E-state index contributed by atoms with van der Waals surface area (Å²) in [7, 11) is 0. The maximum absolute atomic E-state index is 12.9. The summed E-state index contributed by atoms with van der Waals surface area (Å²) in [5.41, 5.74) is 1.05. The second-order valence-corrected chi connectivity index (χ2v) is 5.56. The van der Waals surface area contributed by atoms with E-state index in [0.717, 1.165) is 18.5 Å². The molecule has 1 saturated heterocycles. The maximum atomic E-state index is 12.9. The van der Waals surface area contributed by atoms with E-state index in [1.807, 2.05) is 12.1 Å². The van der Waals surface area contributed by atoms with Crippen LogP contribution in [0.1, 0.15) is 38.9 Å². The van der Waals surface area contributed by atoms with E-state index < -0.39 is 0 Å². The minimum atomic E-state index is -0.200. The van der Waals surface area contributed by atoms with Crippen molar-refractivity contribution in [1.29, 1.82) is 0 Å². The molecule has 0 bridgehead atoms. The first kappa shape index (κ1) is 13.5. The molecule has 1 aromatic carbocycles. The predicted octanol–water partition coefficient (Wildman–Crippen LogP) is 3.29. The first-order valence-electron chi connectivity index (χ1n) is 6.70. The van der Waals surface area contributed by atoms with Crippen LogP contribution in [-0.4, -0.2) is 18.7 Å². The van der Waals surface area contributed by atoms with E-state index in [1.165, 1.54) is 12.1 Å². The van der Waals surface area contributed by atoms with Gasteiger partial charge >= 0.3 is 0 Å². The Morgan fingerprint density at radius 2 is 2.00 bits per heavy atom. The number of benzene rings is 1. The van der Waals surface area contributed by atoms with Crippen LogP contribution >= 0.6 is 0 Å². The van der Waals surface area contributed by atoms with Crippen LogP contribution in [0.25, 0.3) is 0 Å². The Labute approximate surface area is 109 Å². The normalized spacial score (nSPS) is 28.6. The summed E-state index contributed by atoms with van der Waals surface area (Å²) in [5, 5.41) is 3.48. The van der Waals surface area contributed by atoms with Crippen molar-refractivity contribution in [3.63, 3.8) is 0 Å². The average Bonchev–Trinajstić information content (AvgIpc) is 2.32. The third-order valence-electron chi connectivity index (χ3n) is 3.39. The number of hydrogen-bond donors (Lipinski definition) is 1. The van der Waals surface area contributed by atoms with Crippen molar-refractivity contribution in [3.05, 3.63) is 35.6 Å². The Morgan fingerprint density at radius 3 is 2.61 bits per heavy atom. The van der Waals surface area contributed by atoms with Crippen LogP contribution in [0, 0.1) is 11.7 Å². The summed E-state index contributed by atoms with van der Waals surface area (Å²) in [6.45, 7) is 7.42. The van der Waals surface area contributed by atoms with Crippen LogP contribution in [0.3, 0.4) is 0 Å². The second kappa shape index (κ2) is 5.81. The minimum Gasteiger partial charge on any atom is -0.367 e. The van der Waals surface area contributed by atoms with Crippen LogP contribution in [0.15, 0.2) is 24.3 Å². The molecule has 0 amide bonds. The van der Waals surface area contributed by atoms with Gasteiger partial charge < -0.3 is 10.1 Å². The monoisotopic (exact) mass is 251 g/mol. The summed E-state index contributed by atoms with van der Waals surface area (Å²) < 4.78 is 19.1. The highest BCUT2D eigenvalue weighted by molar-refractivity contribution is 5.20. The number of morpholine rings is 1. The van der Waals surface area contributed by atoms with Gasteiger partial charge in [0, 0.05) is 12.6 Å². The number of rotatable bonds is 3. The van der Waals surface area contributed by atoms with Crippen molar-refractivity contribution in [2.75, 3.05) is 6.54 Å². The zero-order chi connectivity index (χ0) is 13.1. The first-order chi connectivity index (χ1) is 8.56. The van der Waals surface area contributed by atoms with Crippen LogP contribution in [0.4, 0.5) is 4.39 Å². The molecular formula is C15H22FNO. The molecule has 2 rings (SSSR count). The average molecular weight is 251 g/mol. The summed E-state index contributed by atoms with van der Waals surface area (Å²) in [6.07, 6.45) is 1.32.